The molecule has 0 radical (unpaired) electrons. The number of hydrogen-bond donors (Lipinski definition) is 1. The largest absolute Gasteiger partial charge is 0.319 e. The number of pyridine rings is 1. The lowest BCUT2D eigenvalue weighted by molar-refractivity contribution is 0.869. The topological polar surface area (TPSA) is 75.9 Å². The van der Waals surface area contributed by atoms with Crippen molar-refractivity contribution >= 4 is 17.3 Å². The molecule has 0 aliphatic carbocycles. The minimum Gasteiger partial charge on any atom is -0.319 e. The van der Waals surface area contributed by atoms with Gasteiger partial charge in [-0.05, 0) is 12.1 Å². The van der Waals surface area contributed by atoms with Crippen molar-refractivity contribution in [1.29, 1.82) is 0 Å². The van der Waals surface area contributed by atoms with E-state index >= 15 is 0 Å². The second kappa shape index (κ2) is 4.92. The number of nitrogens with one attached hydrogen (secondary N) is 1. The Hall–Kier alpha value is -2.73. The Kier molecular flexibility index (Phi) is 2.90. The fraction of sp³-hybridized carbons (Fsp3) is 0.0667. The molecule has 7 heteroatoms. The Balaban J connectivity index is 2.03. The van der Waals surface area contributed by atoms with Gasteiger partial charge < -0.3 is 4.98 Å². The number of aromatic nitrogens is 4. The summed E-state index contributed by atoms with van der Waals surface area (Å²) in [6.07, 6.45) is 1.61. The van der Waals surface area contributed by atoms with E-state index in [2.05, 4.69) is 20.2 Å². The highest BCUT2D eigenvalue weighted by molar-refractivity contribution is 6.35. The molecule has 0 bridgehead atoms. The summed E-state index contributed by atoms with van der Waals surface area (Å²) in [5, 5.41) is 8.56. The third-order valence-corrected chi connectivity index (χ3v) is 3.85. The molecule has 6 nitrogen and oxygen atoms in total. The van der Waals surface area contributed by atoms with Crippen molar-refractivity contribution in [2.24, 2.45) is 4.99 Å². The number of H-pyrrole nitrogens is 1. The van der Waals surface area contributed by atoms with Crippen LogP contribution in [-0.4, -0.2) is 25.5 Å². The van der Waals surface area contributed by atoms with E-state index in [1.807, 2.05) is 22.8 Å². The van der Waals surface area contributed by atoms with E-state index in [9.17, 15) is 4.79 Å². The molecule has 3 aromatic rings. The van der Waals surface area contributed by atoms with Crippen LogP contribution in [0.2, 0.25) is 5.02 Å². The maximum Gasteiger partial charge on any atom is 0.248 e. The molecule has 0 unspecified atom stereocenters. The number of halogens is 1. The number of aromatic amines is 1. The summed E-state index contributed by atoms with van der Waals surface area (Å²) in [6, 6.07) is 10.6. The third kappa shape index (κ3) is 1.96. The Morgan fingerprint density at radius 2 is 2.05 bits per heavy atom. The van der Waals surface area contributed by atoms with Gasteiger partial charge in [0.15, 0.2) is 5.82 Å². The summed E-state index contributed by atoms with van der Waals surface area (Å²) >= 11 is 6.29. The molecule has 22 heavy (non-hydrogen) atoms. The average Bonchev–Trinajstić information content (AvgIpc) is 2.92. The molecule has 0 atom stereocenters. The number of nitrogens with zero attached hydrogens (tertiary/aromatic N) is 4. The van der Waals surface area contributed by atoms with Crippen molar-refractivity contribution in [3.05, 3.63) is 75.2 Å². The smallest absolute Gasteiger partial charge is 0.248 e. The van der Waals surface area contributed by atoms with Gasteiger partial charge in [0.2, 0.25) is 5.56 Å². The molecule has 0 amide bonds. The van der Waals surface area contributed by atoms with Crippen molar-refractivity contribution in [2.45, 2.75) is 6.54 Å². The summed E-state index contributed by atoms with van der Waals surface area (Å²) in [6.45, 7) is 0.358. The van der Waals surface area contributed by atoms with Gasteiger partial charge in [0.25, 0.3) is 0 Å². The Morgan fingerprint density at radius 1 is 1.18 bits per heavy atom. The van der Waals surface area contributed by atoms with Crippen molar-refractivity contribution in [3.63, 3.8) is 0 Å². The van der Waals surface area contributed by atoms with Crippen molar-refractivity contribution < 1.29 is 0 Å². The fourth-order valence-corrected chi connectivity index (χ4v) is 2.74. The van der Waals surface area contributed by atoms with E-state index in [1.165, 1.54) is 6.07 Å². The highest BCUT2D eigenvalue weighted by Crippen LogP contribution is 2.25. The second-order valence-electron chi connectivity index (χ2n) is 4.84. The molecule has 2 aromatic heterocycles. The van der Waals surface area contributed by atoms with Gasteiger partial charge in [-0.1, -0.05) is 29.8 Å². The highest BCUT2D eigenvalue weighted by Gasteiger charge is 2.21. The van der Waals surface area contributed by atoms with Gasteiger partial charge in [-0.3, -0.25) is 14.4 Å². The van der Waals surface area contributed by atoms with Gasteiger partial charge in [-0.25, -0.2) is 0 Å². The number of rotatable bonds is 1. The van der Waals surface area contributed by atoms with Crippen LogP contribution in [0.3, 0.4) is 0 Å². The zero-order valence-corrected chi connectivity index (χ0v) is 12.1. The standard InChI is InChI=1S/C15H10ClN5O/c16-10-4-2-1-3-9(10)14-15-11(5-6-13(22)19-15)21-8-18-20-12(21)7-17-14/h1-6,8H,7H2,(H,19,22). The van der Waals surface area contributed by atoms with Gasteiger partial charge in [-0.15, -0.1) is 10.2 Å². The first kappa shape index (κ1) is 13.0. The Labute approximate surface area is 130 Å². The minimum absolute atomic E-state index is 0.199. The van der Waals surface area contributed by atoms with Gasteiger partial charge in [0.05, 0.1) is 22.1 Å². The molecular weight excluding hydrogens is 302 g/mol. The SMILES string of the molecule is O=c1ccc2c([nH]1)C(c1ccccc1Cl)=NCc1nncn1-2. The van der Waals surface area contributed by atoms with E-state index in [0.717, 1.165) is 11.3 Å². The first-order valence-electron chi connectivity index (χ1n) is 6.66. The average molecular weight is 312 g/mol. The lowest BCUT2D eigenvalue weighted by Crippen LogP contribution is -2.16. The minimum atomic E-state index is -0.199. The number of hydrogen-bond acceptors (Lipinski definition) is 4. The van der Waals surface area contributed by atoms with Crippen molar-refractivity contribution in [1.82, 2.24) is 19.7 Å². The van der Waals surface area contributed by atoms with Crippen LogP contribution in [0.15, 0.2) is 52.5 Å². The Bertz CT molecular complexity index is 956. The van der Waals surface area contributed by atoms with Gasteiger partial charge >= 0.3 is 0 Å². The quantitative estimate of drug-likeness (QED) is 0.746. The van der Waals surface area contributed by atoms with Gasteiger partial charge in [-0.2, -0.15) is 0 Å². The Morgan fingerprint density at radius 3 is 2.91 bits per heavy atom. The monoisotopic (exact) mass is 311 g/mol. The number of benzene rings is 1. The molecule has 0 fully saturated rings. The molecule has 1 aromatic carbocycles. The van der Waals surface area contributed by atoms with Crippen LogP contribution < -0.4 is 5.56 Å². The lowest BCUT2D eigenvalue weighted by atomic mass is 10.1. The molecule has 3 heterocycles. The lowest BCUT2D eigenvalue weighted by Gasteiger charge is -2.11. The zero-order valence-electron chi connectivity index (χ0n) is 11.3. The highest BCUT2D eigenvalue weighted by atomic mass is 35.5. The zero-order chi connectivity index (χ0) is 15.1. The molecular formula is C15H10ClN5O. The van der Waals surface area contributed by atoms with Gasteiger partial charge in [0, 0.05) is 11.6 Å². The van der Waals surface area contributed by atoms with Crippen LogP contribution in [0.5, 0.6) is 0 Å². The van der Waals surface area contributed by atoms with E-state index in [4.69, 9.17) is 11.6 Å². The number of aliphatic imine (C=N–C) groups is 1. The summed E-state index contributed by atoms with van der Waals surface area (Å²) in [4.78, 5) is 19.2. The van der Waals surface area contributed by atoms with E-state index < -0.39 is 0 Å². The number of fused-ring (bicyclic) bond motifs is 3. The van der Waals surface area contributed by atoms with Crippen LogP contribution in [0.25, 0.3) is 5.69 Å². The molecule has 0 saturated heterocycles. The summed E-state index contributed by atoms with van der Waals surface area (Å²) < 4.78 is 1.82. The molecule has 1 aliphatic rings. The first-order chi connectivity index (χ1) is 10.7. The van der Waals surface area contributed by atoms with Crippen LogP contribution in [0.4, 0.5) is 0 Å². The normalized spacial score (nSPS) is 13.0. The van der Waals surface area contributed by atoms with E-state index in [1.54, 1.807) is 18.5 Å². The summed E-state index contributed by atoms with van der Waals surface area (Å²) in [5.41, 5.74) is 2.60. The van der Waals surface area contributed by atoms with Crippen LogP contribution in [0, 0.1) is 0 Å². The maximum atomic E-state index is 11.8. The molecule has 1 aliphatic heterocycles. The summed E-state index contributed by atoms with van der Waals surface area (Å²) in [5.74, 6) is 0.704. The third-order valence-electron chi connectivity index (χ3n) is 3.52. The fourth-order valence-electron chi connectivity index (χ4n) is 2.52. The maximum absolute atomic E-state index is 11.8. The molecule has 108 valence electrons. The second-order valence-corrected chi connectivity index (χ2v) is 5.25. The molecule has 1 N–H and O–H groups in total. The first-order valence-corrected chi connectivity index (χ1v) is 7.04. The molecule has 4 rings (SSSR count). The van der Waals surface area contributed by atoms with Crippen molar-refractivity contribution in [3.8, 4) is 5.69 Å². The van der Waals surface area contributed by atoms with Crippen LogP contribution >= 0.6 is 11.6 Å². The predicted molar refractivity (Wildman–Crippen MR) is 82.8 cm³/mol. The van der Waals surface area contributed by atoms with E-state index in [0.29, 0.717) is 28.8 Å². The molecule has 0 saturated carbocycles. The van der Waals surface area contributed by atoms with Crippen LogP contribution in [0.1, 0.15) is 17.1 Å². The van der Waals surface area contributed by atoms with Crippen LogP contribution in [-0.2, 0) is 6.54 Å². The summed E-state index contributed by atoms with van der Waals surface area (Å²) in [7, 11) is 0. The van der Waals surface area contributed by atoms with E-state index in [-0.39, 0.29) is 5.56 Å². The molecule has 0 spiro atoms. The van der Waals surface area contributed by atoms with Crippen molar-refractivity contribution in [2.75, 3.05) is 0 Å². The predicted octanol–water partition coefficient (Wildman–Crippen LogP) is 1.96. The van der Waals surface area contributed by atoms with Gasteiger partial charge in [0.1, 0.15) is 12.9 Å².